The van der Waals surface area contributed by atoms with Gasteiger partial charge in [0, 0.05) is 71.8 Å². The molecule has 17 heteroatoms. The maximum atomic E-state index is 14.3. The van der Waals surface area contributed by atoms with Crippen LogP contribution in [-0.4, -0.2) is 94.4 Å². The summed E-state index contributed by atoms with van der Waals surface area (Å²) in [5, 5.41) is 27.3. The van der Waals surface area contributed by atoms with Crippen LogP contribution >= 0.6 is 22.9 Å². The van der Waals surface area contributed by atoms with Gasteiger partial charge in [0.15, 0.2) is 5.82 Å². The van der Waals surface area contributed by atoms with Crippen LogP contribution in [0.1, 0.15) is 116 Å². The van der Waals surface area contributed by atoms with Gasteiger partial charge in [0.05, 0.1) is 30.4 Å². The first kappa shape index (κ1) is 50.5. The molecule has 3 aliphatic rings. The Kier molecular flexibility index (Phi) is 14.4. The number of ketones is 1. The van der Waals surface area contributed by atoms with E-state index in [1.54, 1.807) is 17.5 Å². The first-order chi connectivity index (χ1) is 34.3. The smallest absolute Gasteiger partial charge is 0.246 e. The van der Waals surface area contributed by atoms with Crippen LogP contribution in [0.2, 0.25) is 5.02 Å². The van der Waals surface area contributed by atoms with Gasteiger partial charge in [-0.25, -0.2) is 4.98 Å². The summed E-state index contributed by atoms with van der Waals surface area (Å²) in [5.74, 6) is 2.05. The highest BCUT2D eigenvalue weighted by molar-refractivity contribution is 7.15. The second-order valence-corrected chi connectivity index (χ2v) is 22.4. The number of rotatable bonds is 15. The van der Waals surface area contributed by atoms with Gasteiger partial charge in [-0.3, -0.25) is 28.7 Å². The van der Waals surface area contributed by atoms with Gasteiger partial charge < -0.3 is 29.9 Å². The fourth-order valence-corrected chi connectivity index (χ4v) is 11.4. The van der Waals surface area contributed by atoms with Crippen LogP contribution in [0.3, 0.4) is 0 Å². The van der Waals surface area contributed by atoms with Crippen molar-refractivity contribution in [3.05, 3.63) is 135 Å². The third-order valence-corrected chi connectivity index (χ3v) is 15.7. The summed E-state index contributed by atoms with van der Waals surface area (Å²) in [6.45, 7) is 13.6. The molecule has 1 saturated heterocycles. The highest BCUT2D eigenvalue weighted by atomic mass is 35.5. The van der Waals surface area contributed by atoms with Crippen molar-refractivity contribution in [2.75, 3.05) is 6.54 Å². The third kappa shape index (κ3) is 10.7. The van der Waals surface area contributed by atoms with E-state index in [1.165, 1.54) is 9.78 Å². The summed E-state index contributed by atoms with van der Waals surface area (Å²) in [6, 6.07) is 20.0. The Hall–Kier alpha value is -6.49. The number of carbonyl (C=O) groups excluding carboxylic acids is 4. The quantitative estimate of drug-likeness (QED) is 0.0910. The van der Waals surface area contributed by atoms with Gasteiger partial charge in [0.1, 0.15) is 46.3 Å². The number of aliphatic imine (C=N–C) groups is 1. The average Bonchev–Trinajstić information content (AvgIpc) is 4.10. The number of aryl methyl sites for hydroxylation is 3. The number of hydrogen-bond acceptors (Lipinski definition) is 11. The molecule has 0 bridgehead atoms. The summed E-state index contributed by atoms with van der Waals surface area (Å²) in [4.78, 5) is 67.7. The van der Waals surface area contributed by atoms with E-state index in [0.29, 0.717) is 23.0 Å². The van der Waals surface area contributed by atoms with Crippen LogP contribution < -0.4 is 15.4 Å². The summed E-state index contributed by atoms with van der Waals surface area (Å²) < 4.78 is 10.3. The van der Waals surface area contributed by atoms with E-state index in [9.17, 15) is 24.3 Å². The summed E-state index contributed by atoms with van der Waals surface area (Å²) in [6.07, 6.45) is 4.89. The molecule has 0 unspecified atom stereocenters. The van der Waals surface area contributed by atoms with Crippen LogP contribution in [0, 0.1) is 32.1 Å². The highest BCUT2D eigenvalue weighted by Crippen LogP contribution is 2.41. The molecule has 9 rings (SSSR count). The van der Waals surface area contributed by atoms with Crippen LogP contribution in [0.5, 0.6) is 5.75 Å². The van der Waals surface area contributed by atoms with Gasteiger partial charge in [-0.1, -0.05) is 80.9 Å². The molecule has 6 aromatic rings. The van der Waals surface area contributed by atoms with Gasteiger partial charge in [-0.2, -0.15) is 0 Å². The van der Waals surface area contributed by atoms with Crippen molar-refractivity contribution in [1.29, 1.82) is 0 Å². The topological polar surface area (TPSA) is 186 Å². The Balaban J connectivity index is 0.768. The number of amides is 3. The van der Waals surface area contributed by atoms with Gasteiger partial charge >= 0.3 is 0 Å². The zero-order valence-corrected chi connectivity index (χ0v) is 43.6. The van der Waals surface area contributed by atoms with E-state index in [1.807, 2.05) is 125 Å². The molecule has 0 radical (unpaired) electrons. The third-order valence-electron chi connectivity index (χ3n) is 14.2. The number of carbonyl (C=O) groups is 4. The molecule has 72 heavy (non-hydrogen) atoms. The molecule has 3 amide bonds. The molecule has 5 heterocycles. The molecule has 2 fully saturated rings. The molecule has 15 nitrogen and oxygen atoms in total. The number of nitrogens with one attached hydrogen (secondary N) is 2. The Morgan fingerprint density at radius 3 is 2.26 bits per heavy atom. The second-order valence-electron chi connectivity index (χ2n) is 20.7. The van der Waals surface area contributed by atoms with Crippen molar-refractivity contribution in [3.63, 3.8) is 0 Å². The first-order valence-electron chi connectivity index (χ1n) is 24.6. The molecular formula is C55H62ClN9O6S. The molecule has 2 aliphatic heterocycles. The maximum absolute atomic E-state index is 14.3. The van der Waals surface area contributed by atoms with Crippen molar-refractivity contribution >= 4 is 52.2 Å². The molecule has 3 aromatic heterocycles. The average molecular weight is 1010 g/mol. The van der Waals surface area contributed by atoms with Crippen molar-refractivity contribution < 1.29 is 29.0 Å². The Labute approximate surface area is 429 Å². The van der Waals surface area contributed by atoms with E-state index in [-0.39, 0.29) is 61.5 Å². The number of β-amino-alcohol motifs (C(OH)–C–C–N with tert-alkyl or cyclic N) is 1. The SMILES string of the molecule is Cc1sc2c(c1C)C(c1ccc(Cl)cc1)=N[C@@H](CC(=O)CC1CC(Oc3ccc(CC(=O)N[C@H](C(=O)N4C[C@H](O)C[C@H]4C(=O)N[C@@H](C)c4ccc(-c5nccn5C)cc4)C(C)(C)C)cc3)C1)c1nnc(C)n1-2. The number of aliphatic hydroxyl groups excluding tert-OH is 1. The number of hydrogen-bond donors (Lipinski definition) is 3. The minimum absolute atomic E-state index is 0.0191. The van der Waals surface area contributed by atoms with Crippen LogP contribution in [0.15, 0.2) is 90.2 Å². The Bertz CT molecular complexity index is 3020. The molecule has 0 spiro atoms. The minimum atomic E-state index is -0.957. The van der Waals surface area contributed by atoms with Crippen molar-refractivity contribution in [2.45, 2.75) is 123 Å². The Morgan fingerprint density at radius 2 is 1.60 bits per heavy atom. The Morgan fingerprint density at radius 1 is 0.903 bits per heavy atom. The normalized spacial score (nSPS) is 20.3. The second kappa shape index (κ2) is 20.6. The van der Waals surface area contributed by atoms with Crippen LogP contribution in [-0.2, 0) is 32.6 Å². The van der Waals surface area contributed by atoms with E-state index in [0.717, 1.165) is 68.6 Å². The predicted octanol–water partition coefficient (Wildman–Crippen LogP) is 8.32. The number of halogens is 1. The van der Waals surface area contributed by atoms with Crippen LogP contribution in [0.25, 0.3) is 16.4 Å². The van der Waals surface area contributed by atoms with E-state index in [4.69, 9.17) is 21.3 Å². The van der Waals surface area contributed by atoms with Gasteiger partial charge in [0.2, 0.25) is 17.7 Å². The van der Waals surface area contributed by atoms with Crippen LogP contribution in [0.4, 0.5) is 0 Å². The highest BCUT2D eigenvalue weighted by Gasteiger charge is 2.45. The first-order valence-corrected chi connectivity index (χ1v) is 25.8. The van der Waals surface area contributed by atoms with Gasteiger partial charge in [-0.05, 0) is 92.8 Å². The molecule has 376 valence electrons. The minimum Gasteiger partial charge on any atom is -0.490 e. The molecule has 1 aliphatic carbocycles. The lowest BCUT2D eigenvalue weighted by Crippen LogP contribution is -2.58. The van der Waals surface area contributed by atoms with Crippen molar-refractivity contribution in [2.24, 2.45) is 23.4 Å². The number of fused-ring (bicyclic) bond motifs is 3. The molecule has 3 aromatic carbocycles. The lowest BCUT2D eigenvalue weighted by molar-refractivity contribution is -0.144. The number of aliphatic hydroxyl groups is 1. The largest absolute Gasteiger partial charge is 0.490 e. The van der Waals surface area contributed by atoms with Crippen molar-refractivity contribution in [1.82, 2.24) is 39.8 Å². The molecule has 3 N–H and O–H groups in total. The molecular weight excluding hydrogens is 950 g/mol. The number of imidazole rings is 1. The lowest BCUT2D eigenvalue weighted by atomic mass is 9.78. The number of Topliss-reactive ketones (excluding diaryl/α,β-unsaturated/α-hetero) is 1. The predicted molar refractivity (Wildman–Crippen MR) is 278 cm³/mol. The monoisotopic (exact) mass is 1010 g/mol. The van der Waals surface area contributed by atoms with Gasteiger partial charge in [0.25, 0.3) is 0 Å². The summed E-state index contributed by atoms with van der Waals surface area (Å²) in [7, 11) is 1.93. The molecule has 5 atom stereocenters. The number of aromatic nitrogens is 5. The number of ether oxygens (including phenoxy) is 1. The van der Waals surface area contributed by atoms with E-state index >= 15 is 0 Å². The fourth-order valence-electron chi connectivity index (χ4n) is 10.0. The summed E-state index contributed by atoms with van der Waals surface area (Å²) >= 11 is 7.96. The van der Waals surface area contributed by atoms with Gasteiger partial charge in [-0.15, -0.1) is 21.5 Å². The lowest BCUT2D eigenvalue weighted by Gasteiger charge is -2.35. The number of thiophene rings is 1. The summed E-state index contributed by atoms with van der Waals surface area (Å²) in [5.41, 5.74) is 5.77. The number of benzene rings is 3. The zero-order chi connectivity index (χ0) is 51.2. The number of likely N-dealkylation sites (tertiary alicyclic amines) is 1. The fraction of sp³-hybridized carbons (Fsp3) is 0.418. The number of nitrogens with zero attached hydrogens (tertiary/aromatic N) is 7. The zero-order valence-electron chi connectivity index (χ0n) is 42.0. The van der Waals surface area contributed by atoms with Crippen molar-refractivity contribution in [3.8, 4) is 22.1 Å². The maximum Gasteiger partial charge on any atom is 0.246 e. The van der Waals surface area contributed by atoms with E-state index < -0.39 is 35.6 Å². The van der Waals surface area contributed by atoms with E-state index in [2.05, 4.69) is 44.2 Å². The standard InChI is InChI=1S/C55H62ClN9O6S/c1-30-32(3)72-54-47(30)48(37-15-17-39(56)18-16-37)59-44(51-62-61-33(4)65(51)54)27-40(66)23-35-24-43(25-35)71-42-19-9-34(10-20-42)26-46(68)60-49(55(5,6)7)53(70)64-29-41(67)28-45(64)52(69)58-31(2)36-11-13-38(14-12-36)50-57-21-22-63(50)8/h9-22,31,35,41,43-45,49,67H,23-29H2,1-8H3,(H,58,69)(H,60,68)/t31-,35?,41+,43?,44-,45-,49+/m0/s1. The molecule has 1 saturated carbocycles.